The molecule has 0 aliphatic carbocycles. The van der Waals surface area contributed by atoms with Crippen LogP contribution in [0.25, 0.3) is 0 Å². The van der Waals surface area contributed by atoms with E-state index in [0.29, 0.717) is 39.6 Å². The molecule has 0 aromatic carbocycles. The molecule has 9 heteroatoms. The summed E-state index contributed by atoms with van der Waals surface area (Å²) in [7, 11) is 0. The van der Waals surface area contributed by atoms with Crippen molar-refractivity contribution in [2.24, 2.45) is 0 Å². The first kappa shape index (κ1) is 16.6. The first-order valence-corrected chi connectivity index (χ1v) is 11.9. The molecule has 0 radical (unpaired) electrons. The molecule has 0 saturated carbocycles. The molecule has 0 fully saturated rings. The number of hydrogen-bond acceptors (Lipinski definition) is 9. The van der Waals surface area contributed by atoms with Crippen molar-refractivity contribution in [3.63, 3.8) is 0 Å². The lowest BCUT2D eigenvalue weighted by Crippen LogP contribution is -2.17. The normalized spacial score (nSPS) is 28.7. The van der Waals surface area contributed by atoms with Gasteiger partial charge in [-0.2, -0.15) is 0 Å². The molecule has 6 rings (SSSR count). The second-order valence-corrected chi connectivity index (χ2v) is 9.81. The minimum Gasteiger partial charge on any atom is -0.490 e. The first-order chi connectivity index (χ1) is 13.4. The second-order valence-electron chi connectivity index (χ2n) is 6.54. The number of ether oxygens (including phenoxy) is 6. The Kier molecular flexibility index (Phi) is 4.08. The van der Waals surface area contributed by atoms with Crippen LogP contribution in [0.3, 0.4) is 0 Å². The van der Waals surface area contributed by atoms with E-state index < -0.39 is 0 Å². The highest BCUT2D eigenvalue weighted by atomic mass is 32.2. The molecule has 6 heterocycles. The van der Waals surface area contributed by atoms with Crippen LogP contribution < -0.4 is 9.47 Å². The molecule has 144 valence electrons. The maximum Gasteiger partial charge on any atom is 0.177 e. The molecule has 1 aromatic heterocycles. The lowest BCUT2D eigenvalue weighted by Gasteiger charge is -2.22. The Morgan fingerprint density at radius 3 is 1.52 bits per heavy atom. The van der Waals surface area contributed by atoms with Crippen LogP contribution in [0, 0.1) is 0 Å². The fraction of sp³-hybridized carbons (Fsp3) is 0.556. The van der Waals surface area contributed by atoms with Gasteiger partial charge in [0.2, 0.25) is 0 Å². The molecule has 0 N–H and O–H groups in total. The van der Waals surface area contributed by atoms with Gasteiger partial charge in [0.1, 0.15) is 61.7 Å². The topological polar surface area (TPSA) is 55.4 Å². The molecule has 0 spiro atoms. The van der Waals surface area contributed by atoms with Crippen LogP contribution in [-0.2, 0) is 18.9 Å². The highest BCUT2D eigenvalue weighted by molar-refractivity contribution is 8.00. The maximum atomic E-state index is 6.08. The molecule has 0 amide bonds. The number of thioether (sulfide) groups is 2. The van der Waals surface area contributed by atoms with Crippen LogP contribution in [0.1, 0.15) is 20.3 Å². The molecule has 1 aromatic rings. The van der Waals surface area contributed by atoms with Gasteiger partial charge in [0, 0.05) is 0 Å². The Morgan fingerprint density at radius 2 is 1.00 bits per heavy atom. The van der Waals surface area contributed by atoms with E-state index >= 15 is 0 Å². The summed E-state index contributed by atoms with van der Waals surface area (Å²) < 4.78 is 35.7. The first-order valence-electron chi connectivity index (χ1n) is 9.03. The van der Waals surface area contributed by atoms with Crippen LogP contribution in [0.15, 0.2) is 23.0 Å². The van der Waals surface area contributed by atoms with Crippen molar-refractivity contribution in [2.75, 3.05) is 51.1 Å². The molecule has 2 atom stereocenters. The zero-order valence-electron chi connectivity index (χ0n) is 14.5. The smallest absolute Gasteiger partial charge is 0.177 e. The zero-order chi connectivity index (χ0) is 17.8. The van der Waals surface area contributed by atoms with Gasteiger partial charge >= 0.3 is 0 Å². The van der Waals surface area contributed by atoms with Gasteiger partial charge in [-0.25, -0.2) is 0 Å². The van der Waals surface area contributed by atoms with E-state index in [0.717, 1.165) is 55.8 Å². The summed E-state index contributed by atoms with van der Waals surface area (Å²) in [6, 6.07) is 0. The summed E-state index contributed by atoms with van der Waals surface area (Å²) in [5.74, 6) is 7.27. The van der Waals surface area contributed by atoms with Gasteiger partial charge in [0.25, 0.3) is 0 Å². The summed E-state index contributed by atoms with van der Waals surface area (Å²) in [6.45, 7) is 3.62. The van der Waals surface area contributed by atoms with Crippen molar-refractivity contribution in [1.82, 2.24) is 0 Å². The van der Waals surface area contributed by atoms with Gasteiger partial charge in [-0.3, -0.25) is 0 Å². The lowest BCUT2D eigenvalue weighted by atomic mass is 10.2. The molecule has 6 nitrogen and oxygen atoms in total. The Labute approximate surface area is 169 Å². The Morgan fingerprint density at radius 1 is 0.556 bits per heavy atom. The average molecular weight is 427 g/mol. The summed E-state index contributed by atoms with van der Waals surface area (Å²) in [4.78, 5) is 2.32. The van der Waals surface area contributed by atoms with Crippen molar-refractivity contribution in [1.29, 1.82) is 0 Å². The van der Waals surface area contributed by atoms with Gasteiger partial charge in [-0.15, -0.1) is 34.9 Å². The Hall–Kier alpha value is -1.32. The molecule has 27 heavy (non-hydrogen) atoms. The lowest BCUT2D eigenvalue weighted by molar-refractivity contribution is 0.0638. The van der Waals surface area contributed by atoms with Crippen LogP contribution in [0.5, 0.6) is 11.5 Å². The summed E-state index contributed by atoms with van der Waals surface area (Å²) in [6.07, 6.45) is 0. The molecule has 0 saturated heterocycles. The number of thiophene rings is 1. The molecule has 5 aliphatic heterocycles. The summed E-state index contributed by atoms with van der Waals surface area (Å²) >= 11 is 5.41. The van der Waals surface area contributed by atoms with Gasteiger partial charge in [-0.1, -0.05) is 0 Å². The fourth-order valence-electron chi connectivity index (χ4n) is 3.81. The Bertz CT molecular complexity index is 778. The minimum atomic E-state index is 0.109. The van der Waals surface area contributed by atoms with E-state index in [9.17, 15) is 0 Å². The van der Waals surface area contributed by atoms with E-state index in [4.69, 9.17) is 28.4 Å². The van der Waals surface area contributed by atoms with Crippen LogP contribution in [-0.4, -0.2) is 51.1 Å². The van der Waals surface area contributed by atoms with Crippen LogP contribution in [0.4, 0.5) is 0 Å². The summed E-state index contributed by atoms with van der Waals surface area (Å²) in [5.41, 5.74) is 0. The third-order valence-electron chi connectivity index (χ3n) is 4.95. The van der Waals surface area contributed by atoms with Crippen molar-refractivity contribution in [3.8, 4) is 11.5 Å². The SMILES string of the molecule is C1COC2=C(CS[C@H]2c2sc([C@H]3SCC4=C3OCCO4)c3c2OCCO3)O1. The molecule has 5 aliphatic rings. The molecular formula is C18H18O6S3. The second kappa shape index (κ2) is 6.63. The zero-order valence-corrected chi connectivity index (χ0v) is 16.9. The number of fused-ring (bicyclic) bond motifs is 1. The minimum absolute atomic E-state index is 0.109. The van der Waals surface area contributed by atoms with E-state index in [1.807, 2.05) is 23.5 Å². The van der Waals surface area contributed by atoms with Crippen molar-refractivity contribution < 1.29 is 28.4 Å². The van der Waals surface area contributed by atoms with E-state index in [1.165, 1.54) is 0 Å². The molecule has 0 unspecified atom stereocenters. The third kappa shape index (κ3) is 2.61. The highest BCUT2D eigenvalue weighted by Crippen LogP contribution is 2.60. The van der Waals surface area contributed by atoms with E-state index in [2.05, 4.69) is 0 Å². The standard InChI is InChI=1S/C18H18O6S3/c1-3-21-11-9(19-1)7-25-15(11)17-13-14(24-6-5-23-13)18(27-17)16-12-10(8-26-16)20-2-4-22-12/h15-16H,1-8H2/t15-,16+. The Balaban J connectivity index is 1.42. The van der Waals surface area contributed by atoms with Crippen molar-refractivity contribution >= 4 is 34.9 Å². The van der Waals surface area contributed by atoms with Gasteiger partial charge in [0.15, 0.2) is 23.0 Å². The van der Waals surface area contributed by atoms with E-state index in [-0.39, 0.29) is 10.5 Å². The van der Waals surface area contributed by atoms with Gasteiger partial charge < -0.3 is 28.4 Å². The maximum absolute atomic E-state index is 6.08. The average Bonchev–Trinajstić information content (AvgIpc) is 3.42. The monoisotopic (exact) mass is 426 g/mol. The van der Waals surface area contributed by atoms with Crippen LogP contribution >= 0.6 is 34.9 Å². The third-order valence-corrected chi connectivity index (χ3v) is 8.95. The predicted molar refractivity (Wildman–Crippen MR) is 104 cm³/mol. The predicted octanol–water partition coefficient (Wildman–Crippen LogP) is 3.61. The van der Waals surface area contributed by atoms with Crippen molar-refractivity contribution in [3.05, 3.63) is 32.8 Å². The fourth-order valence-corrected chi connectivity index (χ4v) is 7.96. The van der Waals surface area contributed by atoms with E-state index in [1.54, 1.807) is 11.3 Å². The van der Waals surface area contributed by atoms with Crippen LogP contribution in [0.2, 0.25) is 0 Å². The number of hydrogen-bond donors (Lipinski definition) is 0. The summed E-state index contributed by atoms with van der Waals surface area (Å²) in [5, 5.41) is 0.218. The van der Waals surface area contributed by atoms with Gasteiger partial charge in [0.05, 0.1) is 21.3 Å². The number of rotatable bonds is 2. The quantitative estimate of drug-likeness (QED) is 0.711. The molecule has 0 bridgehead atoms. The molecular weight excluding hydrogens is 408 g/mol. The highest BCUT2D eigenvalue weighted by Gasteiger charge is 2.42. The largest absolute Gasteiger partial charge is 0.490 e. The van der Waals surface area contributed by atoms with Crippen molar-refractivity contribution in [2.45, 2.75) is 10.5 Å². The van der Waals surface area contributed by atoms with Gasteiger partial charge in [-0.05, 0) is 0 Å².